The third-order valence-electron chi connectivity index (χ3n) is 3.50. The molecule has 1 aromatic carbocycles. The molecule has 0 saturated heterocycles. The number of amides is 1. The first kappa shape index (κ1) is 18.4. The quantitative estimate of drug-likeness (QED) is 0.640. The van der Waals surface area contributed by atoms with E-state index in [0.717, 1.165) is 5.56 Å². The van der Waals surface area contributed by atoms with E-state index in [2.05, 4.69) is 10.1 Å². The molecule has 6 nitrogen and oxygen atoms in total. The lowest BCUT2D eigenvalue weighted by Gasteiger charge is -2.25. The summed E-state index contributed by atoms with van der Waals surface area (Å²) in [6.45, 7) is 3.39. The average Bonchev–Trinajstić information content (AvgIpc) is 2.58. The van der Waals surface area contributed by atoms with Crippen molar-refractivity contribution < 1.29 is 23.9 Å². The van der Waals surface area contributed by atoms with Crippen LogP contribution in [0.1, 0.15) is 36.2 Å². The minimum Gasteiger partial charge on any atom is -0.467 e. The maximum atomic E-state index is 12.0. The largest absolute Gasteiger partial charge is 0.467 e. The van der Waals surface area contributed by atoms with E-state index in [-0.39, 0.29) is 0 Å². The van der Waals surface area contributed by atoms with Crippen molar-refractivity contribution in [2.75, 3.05) is 14.2 Å². The van der Waals surface area contributed by atoms with Gasteiger partial charge >= 0.3 is 11.9 Å². The summed E-state index contributed by atoms with van der Waals surface area (Å²) in [5, 5.41) is 2.63. The molecule has 0 heterocycles. The standard InChI is InChI=1S/C17H21NO5/c1-5-17(2,16(21)23-4)18-14(19)11-8-12-6-9-13(10-7-12)15(20)22-3/h6-11H,5H2,1-4H3,(H,18,19)/b11-8+/t17-/m1/s1. The second-order valence-corrected chi connectivity index (χ2v) is 5.11. The van der Waals surface area contributed by atoms with Crippen LogP contribution in [0, 0.1) is 0 Å². The van der Waals surface area contributed by atoms with Crippen LogP contribution in [0.2, 0.25) is 0 Å². The molecule has 0 aliphatic heterocycles. The topological polar surface area (TPSA) is 81.7 Å². The zero-order chi connectivity index (χ0) is 17.5. The van der Waals surface area contributed by atoms with E-state index in [0.29, 0.717) is 12.0 Å². The highest BCUT2D eigenvalue weighted by atomic mass is 16.5. The maximum absolute atomic E-state index is 12.0. The first-order chi connectivity index (χ1) is 10.9. The Labute approximate surface area is 135 Å². The lowest BCUT2D eigenvalue weighted by molar-refractivity contribution is -0.149. The number of hydrogen-bond donors (Lipinski definition) is 1. The number of esters is 2. The third kappa shape index (κ3) is 4.95. The Balaban J connectivity index is 2.75. The molecule has 0 aromatic heterocycles. The number of carbonyl (C=O) groups excluding carboxylic acids is 3. The van der Waals surface area contributed by atoms with E-state index in [1.54, 1.807) is 44.2 Å². The molecule has 1 rings (SSSR count). The summed E-state index contributed by atoms with van der Waals surface area (Å²) in [5.41, 5.74) is 0.104. The van der Waals surface area contributed by atoms with Gasteiger partial charge in [-0.2, -0.15) is 0 Å². The van der Waals surface area contributed by atoms with E-state index in [9.17, 15) is 14.4 Å². The number of rotatable bonds is 6. The fourth-order valence-electron chi connectivity index (χ4n) is 1.84. The number of carbonyl (C=O) groups is 3. The molecule has 1 amide bonds. The number of ether oxygens (including phenoxy) is 2. The Morgan fingerprint density at radius 2 is 1.74 bits per heavy atom. The minimum atomic E-state index is -1.06. The highest BCUT2D eigenvalue weighted by Crippen LogP contribution is 2.12. The molecule has 0 aliphatic rings. The van der Waals surface area contributed by atoms with Crippen molar-refractivity contribution in [3.05, 3.63) is 41.5 Å². The van der Waals surface area contributed by atoms with Crippen molar-refractivity contribution in [1.82, 2.24) is 5.32 Å². The van der Waals surface area contributed by atoms with Crippen molar-refractivity contribution in [3.63, 3.8) is 0 Å². The zero-order valence-electron chi connectivity index (χ0n) is 13.7. The molecule has 1 atom stereocenters. The molecule has 0 spiro atoms. The Bertz CT molecular complexity index is 606. The van der Waals surface area contributed by atoms with Gasteiger partial charge in [0.15, 0.2) is 0 Å². The van der Waals surface area contributed by atoms with Gasteiger partial charge in [0, 0.05) is 6.08 Å². The van der Waals surface area contributed by atoms with Crippen LogP contribution in [-0.2, 0) is 19.1 Å². The van der Waals surface area contributed by atoms with Crippen molar-refractivity contribution in [2.24, 2.45) is 0 Å². The van der Waals surface area contributed by atoms with E-state index in [1.807, 2.05) is 0 Å². The Kier molecular flexibility index (Phi) is 6.50. The molecule has 1 N–H and O–H groups in total. The lowest BCUT2D eigenvalue weighted by atomic mass is 9.99. The van der Waals surface area contributed by atoms with Gasteiger partial charge < -0.3 is 14.8 Å². The van der Waals surface area contributed by atoms with Crippen LogP contribution in [0.25, 0.3) is 6.08 Å². The van der Waals surface area contributed by atoms with Gasteiger partial charge in [0.25, 0.3) is 0 Å². The van der Waals surface area contributed by atoms with Gasteiger partial charge in [-0.05, 0) is 37.1 Å². The van der Waals surface area contributed by atoms with Crippen LogP contribution in [0.5, 0.6) is 0 Å². The zero-order valence-corrected chi connectivity index (χ0v) is 13.7. The molecule has 0 bridgehead atoms. The van der Waals surface area contributed by atoms with Gasteiger partial charge in [0.05, 0.1) is 19.8 Å². The maximum Gasteiger partial charge on any atom is 0.337 e. The van der Waals surface area contributed by atoms with Crippen LogP contribution in [0.15, 0.2) is 30.3 Å². The van der Waals surface area contributed by atoms with Gasteiger partial charge in [-0.25, -0.2) is 9.59 Å². The number of hydrogen-bond acceptors (Lipinski definition) is 5. The van der Waals surface area contributed by atoms with Gasteiger partial charge in [-0.15, -0.1) is 0 Å². The van der Waals surface area contributed by atoms with Crippen molar-refractivity contribution in [3.8, 4) is 0 Å². The minimum absolute atomic E-state index is 0.406. The summed E-state index contributed by atoms with van der Waals surface area (Å²) >= 11 is 0. The van der Waals surface area contributed by atoms with Crippen molar-refractivity contribution in [1.29, 1.82) is 0 Å². The summed E-state index contributed by atoms with van der Waals surface area (Å²) in [6.07, 6.45) is 3.32. The van der Waals surface area contributed by atoms with Crippen LogP contribution >= 0.6 is 0 Å². The molecule has 0 saturated carbocycles. The second-order valence-electron chi connectivity index (χ2n) is 5.11. The molecule has 0 aliphatic carbocycles. The average molecular weight is 319 g/mol. The Hall–Kier alpha value is -2.63. The molecule has 23 heavy (non-hydrogen) atoms. The third-order valence-corrected chi connectivity index (χ3v) is 3.50. The molecule has 1 aromatic rings. The summed E-state index contributed by atoms with van der Waals surface area (Å²) < 4.78 is 9.30. The lowest BCUT2D eigenvalue weighted by Crippen LogP contribution is -2.51. The molecule has 124 valence electrons. The predicted molar refractivity (Wildman–Crippen MR) is 85.7 cm³/mol. The summed E-state index contributed by atoms with van der Waals surface area (Å²) in [6, 6.07) is 6.59. The molecular formula is C17H21NO5. The van der Waals surface area contributed by atoms with E-state index >= 15 is 0 Å². The van der Waals surface area contributed by atoms with Crippen LogP contribution in [0.3, 0.4) is 0 Å². The summed E-state index contributed by atoms with van der Waals surface area (Å²) in [7, 11) is 2.59. The highest BCUT2D eigenvalue weighted by Gasteiger charge is 2.33. The highest BCUT2D eigenvalue weighted by molar-refractivity contribution is 5.96. The van der Waals surface area contributed by atoms with Crippen LogP contribution in [-0.4, -0.2) is 37.6 Å². The van der Waals surface area contributed by atoms with E-state index < -0.39 is 23.4 Å². The normalized spacial score (nSPS) is 13.2. The Morgan fingerprint density at radius 3 is 2.22 bits per heavy atom. The second kappa shape index (κ2) is 8.12. The number of benzene rings is 1. The molecular weight excluding hydrogens is 298 g/mol. The first-order valence-electron chi connectivity index (χ1n) is 7.13. The molecule has 0 fully saturated rings. The van der Waals surface area contributed by atoms with E-state index in [1.165, 1.54) is 20.3 Å². The van der Waals surface area contributed by atoms with Crippen molar-refractivity contribution in [2.45, 2.75) is 25.8 Å². The molecule has 0 radical (unpaired) electrons. The summed E-state index contributed by atoms with van der Waals surface area (Å²) in [4.78, 5) is 35.0. The van der Waals surface area contributed by atoms with Crippen molar-refractivity contribution >= 4 is 23.9 Å². The van der Waals surface area contributed by atoms with Crippen LogP contribution in [0.4, 0.5) is 0 Å². The van der Waals surface area contributed by atoms with Crippen LogP contribution < -0.4 is 5.32 Å². The molecule has 0 unspecified atom stereocenters. The fraction of sp³-hybridized carbons (Fsp3) is 0.353. The van der Waals surface area contributed by atoms with Gasteiger partial charge in [-0.1, -0.05) is 19.1 Å². The first-order valence-corrected chi connectivity index (χ1v) is 7.13. The van der Waals surface area contributed by atoms with Gasteiger partial charge in [0.2, 0.25) is 5.91 Å². The smallest absolute Gasteiger partial charge is 0.337 e. The fourth-order valence-corrected chi connectivity index (χ4v) is 1.84. The monoisotopic (exact) mass is 319 g/mol. The Morgan fingerprint density at radius 1 is 1.13 bits per heavy atom. The predicted octanol–water partition coefficient (Wildman–Crippen LogP) is 1.94. The van der Waals surface area contributed by atoms with E-state index in [4.69, 9.17) is 4.74 Å². The number of methoxy groups -OCH3 is 2. The number of nitrogens with one attached hydrogen (secondary N) is 1. The molecule has 6 heteroatoms. The SMILES string of the molecule is CC[C@@](C)(NC(=O)/C=C/c1ccc(C(=O)OC)cc1)C(=O)OC. The van der Waals surface area contributed by atoms with Gasteiger partial charge in [0.1, 0.15) is 5.54 Å². The van der Waals surface area contributed by atoms with Gasteiger partial charge in [-0.3, -0.25) is 4.79 Å². The summed E-state index contributed by atoms with van der Waals surface area (Å²) in [5.74, 6) is -1.32.